The average Bonchev–Trinajstić information content (AvgIpc) is 2.58. The summed E-state index contributed by atoms with van der Waals surface area (Å²) in [5, 5.41) is 5.21. The second-order valence-electron chi connectivity index (χ2n) is 4.82. The van der Waals surface area contributed by atoms with Crippen LogP contribution in [0.4, 0.5) is 0 Å². The number of carbonyl (C=O) groups is 2. The molecule has 130 valence electrons. The normalized spacial score (nSPS) is 9.75. The minimum atomic E-state index is -0.305. The first kappa shape index (κ1) is 19.8. The summed E-state index contributed by atoms with van der Waals surface area (Å²) in [4.78, 5) is 23.6. The summed E-state index contributed by atoms with van der Waals surface area (Å²) >= 11 is 3.39. The van der Waals surface area contributed by atoms with Crippen LogP contribution in [0.2, 0.25) is 0 Å². The summed E-state index contributed by atoms with van der Waals surface area (Å²) in [6.07, 6.45) is 6.07. The molecule has 0 unspecified atom stereocenters. The van der Waals surface area contributed by atoms with Crippen LogP contribution in [-0.4, -0.2) is 38.6 Å². The van der Waals surface area contributed by atoms with E-state index in [9.17, 15) is 9.59 Å². The van der Waals surface area contributed by atoms with Crippen molar-refractivity contribution in [2.24, 2.45) is 0 Å². The smallest absolute Gasteiger partial charge is 0.251 e. The fraction of sp³-hybridized carbons (Fsp3) is 0.412. The molecule has 0 aromatic heterocycles. The van der Waals surface area contributed by atoms with E-state index in [1.54, 1.807) is 12.1 Å². The molecule has 6 nitrogen and oxygen atoms in total. The zero-order valence-corrected chi connectivity index (χ0v) is 15.4. The number of hydrogen-bond donors (Lipinski definition) is 2. The Bertz CT molecular complexity index is 626. The molecule has 1 rings (SSSR count). The molecule has 2 amide bonds. The number of halogens is 1. The predicted molar refractivity (Wildman–Crippen MR) is 95.3 cm³/mol. The lowest BCUT2D eigenvalue weighted by molar-refractivity contribution is -0.120. The number of carbonyl (C=O) groups excluding carboxylic acids is 2. The predicted octanol–water partition coefficient (Wildman–Crippen LogP) is 2.12. The highest BCUT2D eigenvalue weighted by Gasteiger charge is 2.15. The van der Waals surface area contributed by atoms with Gasteiger partial charge in [0.15, 0.2) is 11.5 Å². The highest BCUT2D eigenvalue weighted by Crippen LogP contribution is 2.36. The summed E-state index contributed by atoms with van der Waals surface area (Å²) in [5.74, 6) is 2.82. The maximum atomic E-state index is 12.2. The van der Waals surface area contributed by atoms with Crippen molar-refractivity contribution in [3.05, 3.63) is 22.2 Å². The van der Waals surface area contributed by atoms with Crippen molar-refractivity contribution in [2.45, 2.75) is 19.8 Å². The number of hydrogen-bond acceptors (Lipinski definition) is 4. The first-order chi connectivity index (χ1) is 11.5. The van der Waals surface area contributed by atoms with Crippen LogP contribution < -0.4 is 20.1 Å². The quantitative estimate of drug-likeness (QED) is 0.626. The van der Waals surface area contributed by atoms with Crippen LogP contribution in [0.1, 0.15) is 30.1 Å². The molecule has 0 bridgehead atoms. The van der Waals surface area contributed by atoms with Crippen molar-refractivity contribution in [2.75, 3.05) is 26.8 Å². The van der Waals surface area contributed by atoms with Gasteiger partial charge in [-0.05, 0) is 34.5 Å². The number of methoxy groups -OCH3 is 1. The number of rotatable bonds is 9. The minimum absolute atomic E-state index is 0.156. The van der Waals surface area contributed by atoms with Gasteiger partial charge in [0.2, 0.25) is 5.91 Å². The van der Waals surface area contributed by atoms with Gasteiger partial charge >= 0.3 is 0 Å². The first-order valence-corrected chi connectivity index (χ1v) is 8.31. The van der Waals surface area contributed by atoms with Crippen molar-refractivity contribution in [1.82, 2.24) is 10.6 Å². The summed E-state index contributed by atoms with van der Waals surface area (Å²) in [7, 11) is 1.51. The fourth-order valence-corrected chi connectivity index (χ4v) is 2.38. The van der Waals surface area contributed by atoms with E-state index in [4.69, 9.17) is 15.9 Å². The topological polar surface area (TPSA) is 76.7 Å². The maximum absolute atomic E-state index is 12.2. The van der Waals surface area contributed by atoms with Crippen LogP contribution in [-0.2, 0) is 4.79 Å². The van der Waals surface area contributed by atoms with Gasteiger partial charge in [-0.3, -0.25) is 9.59 Å². The molecule has 1 aromatic carbocycles. The van der Waals surface area contributed by atoms with Crippen LogP contribution in [0.3, 0.4) is 0 Å². The lowest BCUT2D eigenvalue weighted by atomic mass is 10.2. The van der Waals surface area contributed by atoms with Gasteiger partial charge in [0.05, 0.1) is 24.7 Å². The molecule has 0 aliphatic carbocycles. The Morgan fingerprint density at radius 3 is 2.71 bits per heavy atom. The second kappa shape index (κ2) is 10.6. The zero-order chi connectivity index (χ0) is 17.9. The minimum Gasteiger partial charge on any atom is -0.493 e. The third kappa shape index (κ3) is 6.13. The van der Waals surface area contributed by atoms with Gasteiger partial charge in [0.25, 0.3) is 5.91 Å². The number of amides is 2. The summed E-state index contributed by atoms with van der Waals surface area (Å²) in [5.41, 5.74) is 0.409. The van der Waals surface area contributed by atoms with Crippen molar-refractivity contribution >= 4 is 27.7 Å². The van der Waals surface area contributed by atoms with Crippen molar-refractivity contribution < 1.29 is 19.1 Å². The Kier molecular flexibility index (Phi) is 8.72. The molecule has 0 heterocycles. The molecule has 0 radical (unpaired) electrons. The highest BCUT2D eigenvalue weighted by molar-refractivity contribution is 9.10. The Morgan fingerprint density at radius 2 is 2.08 bits per heavy atom. The molecule has 7 heteroatoms. The Morgan fingerprint density at radius 1 is 1.33 bits per heavy atom. The molecule has 0 aliphatic rings. The second-order valence-corrected chi connectivity index (χ2v) is 5.68. The van der Waals surface area contributed by atoms with Gasteiger partial charge in [-0.25, -0.2) is 0 Å². The van der Waals surface area contributed by atoms with E-state index in [1.807, 2.05) is 6.92 Å². The van der Waals surface area contributed by atoms with Crippen LogP contribution in [0, 0.1) is 12.3 Å². The SMILES string of the molecule is C#CCNC(=O)CCNC(=O)c1cc(Br)c(OCCC)c(OC)c1. The van der Waals surface area contributed by atoms with E-state index in [0.29, 0.717) is 28.1 Å². The van der Waals surface area contributed by atoms with Gasteiger partial charge in [-0.15, -0.1) is 6.42 Å². The molecule has 24 heavy (non-hydrogen) atoms. The molecule has 1 aromatic rings. The molecule has 0 atom stereocenters. The largest absolute Gasteiger partial charge is 0.493 e. The average molecular weight is 397 g/mol. The number of benzene rings is 1. The van der Waals surface area contributed by atoms with E-state index < -0.39 is 0 Å². The molecular weight excluding hydrogens is 376 g/mol. The number of nitrogens with one attached hydrogen (secondary N) is 2. The maximum Gasteiger partial charge on any atom is 0.251 e. The number of terminal acetylenes is 1. The van der Waals surface area contributed by atoms with E-state index in [2.05, 4.69) is 32.5 Å². The molecule has 0 saturated carbocycles. The van der Waals surface area contributed by atoms with Gasteiger partial charge in [0, 0.05) is 18.5 Å². The molecule has 0 fully saturated rings. The third-order valence-electron chi connectivity index (χ3n) is 2.97. The lowest BCUT2D eigenvalue weighted by Crippen LogP contribution is -2.30. The summed E-state index contributed by atoms with van der Waals surface area (Å²) in [6.45, 7) is 2.94. The van der Waals surface area contributed by atoms with E-state index in [0.717, 1.165) is 6.42 Å². The van der Waals surface area contributed by atoms with Crippen LogP contribution >= 0.6 is 15.9 Å². The van der Waals surface area contributed by atoms with E-state index in [-0.39, 0.29) is 31.3 Å². The number of ether oxygens (including phenoxy) is 2. The third-order valence-corrected chi connectivity index (χ3v) is 3.56. The summed E-state index contributed by atoms with van der Waals surface area (Å²) < 4.78 is 11.5. The van der Waals surface area contributed by atoms with Crippen LogP contribution in [0.15, 0.2) is 16.6 Å². The highest BCUT2D eigenvalue weighted by atomic mass is 79.9. The Balaban J connectivity index is 2.69. The van der Waals surface area contributed by atoms with Gasteiger partial charge in [-0.2, -0.15) is 0 Å². The monoisotopic (exact) mass is 396 g/mol. The first-order valence-electron chi connectivity index (χ1n) is 7.52. The summed E-state index contributed by atoms with van der Waals surface area (Å²) in [6, 6.07) is 3.25. The van der Waals surface area contributed by atoms with Crippen molar-refractivity contribution in [1.29, 1.82) is 0 Å². The fourth-order valence-electron chi connectivity index (χ4n) is 1.82. The van der Waals surface area contributed by atoms with E-state index in [1.165, 1.54) is 7.11 Å². The van der Waals surface area contributed by atoms with Crippen molar-refractivity contribution in [3.63, 3.8) is 0 Å². The molecule has 0 saturated heterocycles. The van der Waals surface area contributed by atoms with Gasteiger partial charge < -0.3 is 20.1 Å². The molecular formula is C17H21BrN2O4. The van der Waals surface area contributed by atoms with Gasteiger partial charge in [0.1, 0.15) is 0 Å². The Hall–Kier alpha value is -2.20. The van der Waals surface area contributed by atoms with Crippen molar-refractivity contribution in [3.8, 4) is 23.8 Å². The lowest BCUT2D eigenvalue weighted by Gasteiger charge is -2.14. The van der Waals surface area contributed by atoms with Crippen LogP contribution in [0.5, 0.6) is 11.5 Å². The zero-order valence-electron chi connectivity index (χ0n) is 13.8. The van der Waals surface area contributed by atoms with E-state index >= 15 is 0 Å². The van der Waals surface area contributed by atoms with Crippen LogP contribution in [0.25, 0.3) is 0 Å². The Labute approximate surface area is 150 Å². The molecule has 2 N–H and O–H groups in total. The molecule has 0 aliphatic heterocycles. The molecule has 0 spiro atoms. The standard InChI is InChI=1S/C17H21BrN2O4/c1-4-7-19-15(21)6-8-20-17(22)12-10-13(18)16(24-9-5-2)14(11-12)23-3/h1,10-11H,5-9H2,2-3H3,(H,19,21)(H,20,22). The van der Waals surface area contributed by atoms with Gasteiger partial charge in [-0.1, -0.05) is 12.8 Å².